The minimum Gasteiger partial charge on any atom is -0.439 e. The Morgan fingerprint density at radius 1 is 0.810 bits per heavy atom. The van der Waals surface area contributed by atoms with Gasteiger partial charge in [-0.05, 0) is 26.0 Å². The van der Waals surface area contributed by atoms with Crippen molar-refractivity contribution in [2.75, 3.05) is 0 Å². The first-order chi connectivity index (χ1) is 10.2. The van der Waals surface area contributed by atoms with Gasteiger partial charge in [0.15, 0.2) is 5.82 Å². The summed E-state index contributed by atoms with van der Waals surface area (Å²) in [5, 5.41) is 0. The molecule has 0 atom stereocenters. The highest BCUT2D eigenvalue weighted by Gasteiger charge is 2.06. The number of aromatic nitrogens is 2. The average molecular weight is 276 g/mol. The van der Waals surface area contributed by atoms with Crippen molar-refractivity contribution in [1.82, 2.24) is 9.97 Å². The van der Waals surface area contributed by atoms with Gasteiger partial charge in [-0.1, -0.05) is 48.0 Å². The van der Waals surface area contributed by atoms with Crippen LogP contribution in [0, 0.1) is 13.8 Å². The maximum Gasteiger partial charge on any atom is 0.223 e. The molecule has 104 valence electrons. The third kappa shape index (κ3) is 3.26. The minimum absolute atomic E-state index is 0.560. The van der Waals surface area contributed by atoms with E-state index in [4.69, 9.17) is 4.74 Å². The highest BCUT2D eigenvalue weighted by molar-refractivity contribution is 5.56. The molecule has 0 fully saturated rings. The summed E-state index contributed by atoms with van der Waals surface area (Å²) in [5.41, 5.74) is 3.08. The van der Waals surface area contributed by atoms with Crippen molar-refractivity contribution in [3.63, 3.8) is 0 Å². The van der Waals surface area contributed by atoms with Crippen LogP contribution in [0.4, 0.5) is 0 Å². The predicted molar refractivity (Wildman–Crippen MR) is 83.5 cm³/mol. The summed E-state index contributed by atoms with van der Waals surface area (Å²) in [4.78, 5) is 8.98. The highest BCUT2D eigenvalue weighted by atomic mass is 16.5. The molecule has 1 aromatic heterocycles. The molecule has 0 aliphatic rings. The molecule has 3 rings (SSSR count). The Bertz CT molecular complexity index is 737. The van der Waals surface area contributed by atoms with Gasteiger partial charge >= 0.3 is 0 Å². The van der Waals surface area contributed by atoms with Gasteiger partial charge in [-0.15, -0.1) is 0 Å². The normalized spacial score (nSPS) is 10.4. The molecular weight excluding hydrogens is 260 g/mol. The van der Waals surface area contributed by atoms with Gasteiger partial charge < -0.3 is 4.74 Å². The molecule has 0 bridgehead atoms. The topological polar surface area (TPSA) is 35.0 Å². The van der Waals surface area contributed by atoms with Crippen LogP contribution in [0.3, 0.4) is 0 Å². The van der Waals surface area contributed by atoms with E-state index in [1.165, 1.54) is 5.56 Å². The van der Waals surface area contributed by atoms with Gasteiger partial charge in [-0.3, -0.25) is 0 Å². The Morgan fingerprint density at radius 2 is 1.52 bits per heavy atom. The molecule has 0 aliphatic heterocycles. The third-order valence-electron chi connectivity index (χ3n) is 3.11. The number of para-hydroxylation sites is 1. The van der Waals surface area contributed by atoms with Crippen molar-refractivity contribution in [3.8, 4) is 23.0 Å². The Balaban J connectivity index is 1.94. The molecule has 3 aromatic rings. The number of hydrogen-bond donors (Lipinski definition) is 0. The van der Waals surface area contributed by atoms with Gasteiger partial charge in [-0.25, -0.2) is 4.98 Å². The molecule has 0 amide bonds. The molecule has 2 aromatic carbocycles. The molecule has 3 nitrogen and oxygen atoms in total. The van der Waals surface area contributed by atoms with E-state index in [1.54, 1.807) is 0 Å². The number of aryl methyl sites for hydroxylation is 2. The minimum atomic E-state index is 0.560. The lowest BCUT2D eigenvalue weighted by Gasteiger charge is -2.08. The first-order valence-electron chi connectivity index (χ1n) is 6.86. The van der Waals surface area contributed by atoms with Crippen LogP contribution in [0.2, 0.25) is 0 Å². The van der Waals surface area contributed by atoms with E-state index < -0.39 is 0 Å². The van der Waals surface area contributed by atoms with Gasteiger partial charge in [-0.2, -0.15) is 4.98 Å². The highest BCUT2D eigenvalue weighted by Crippen LogP contribution is 2.23. The molecule has 3 heteroatoms. The average Bonchev–Trinajstić information content (AvgIpc) is 2.48. The zero-order chi connectivity index (χ0) is 14.7. The number of ether oxygens (including phenoxy) is 1. The number of nitrogens with zero attached hydrogens (tertiary/aromatic N) is 2. The summed E-state index contributed by atoms with van der Waals surface area (Å²) in [5.74, 6) is 2.01. The third-order valence-corrected chi connectivity index (χ3v) is 3.11. The van der Waals surface area contributed by atoms with Crippen LogP contribution < -0.4 is 4.74 Å². The fourth-order valence-electron chi connectivity index (χ4n) is 2.03. The molecule has 0 aliphatic carbocycles. The summed E-state index contributed by atoms with van der Waals surface area (Å²) in [6.07, 6.45) is 0. The molecule has 0 saturated carbocycles. The van der Waals surface area contributed by atoms with Crippen LogP contribution in [-0.4, -0.2) is 9.97 Å². The zero-order valence-corrected chi connectivity index (χ0v) is 12.1. The van der Waals surface area contributed by atoms with Crippen molar-refractivity contribution in [3.05, 3.63) is 71.9 Å². The molecule has 0 saturated heterocycles. The summed E-state index contributed by atoms with van der Waals surface area (Å²) in [7, 11) is 0. The monoisotopic (exact) mass is 276 g/mol. The predicted octanol–water partition coefficient (Wildman–Crippen LogP) is 4.55. The van der Waals surface area contributed by atoms with Crippen LogP contribution in [0.5, 0.6) is 11.6 Å². The SMILES string of the molecule is Cc1ccc(-c2nc(C)cc(Oc3ccccc3)n2)cc1. The van der Waals surface area contributed by atoms with Crippen LogP contribution in [-0.2, 0) is 0 Å². The van der Waals surface area contributed by atoms with Crippen LogP contribution >= 0.6 is 0 Å². The van der Waals surface area contributed by atoms with E-state index >= 15 is 0 Å². The van der Waals surface area contributed by atoms with E-state index in [1.807, 2.05) is 55.5 Å². The zero-order valence-electron chi connectivity index (χ0n) is 12.1. The van der Waals surface area contributed by atoms with Gasteiger partial charge in [0.05, 0.1) is 0 Å². The van der Waals surface area contributed by atoms with E-state index in [2.05, 4.69) is 29.0 Å². The largest absolute Gasteiger partial charge is 0.439 e. The van der Waals surface area contributed by atoms with E-state index in [0.717, 1.165) is 17.0 Å². The Hall–Kier alpha value is -2.68. The second-order valence-electron chi connectivity index (χ2n) is 4.95. The van der Waals surface area contributed by atoms with E-state index in [9.17, 15) is 0 Å². The van der Waals surface area contributed by atoms with E-state index in [-0.39, 0.29) is 0 Å². The smallest absolute Gasteiger partial charge is 0.223 e. The number of hydrogen-bond acceptors (Lipinski definition) is 3. The van der Waals surface area contributed by atoms with Crippen molar-refractivity contribution >= 4 is 0 Å². The maximum absolute atomic E-state index is 5.79. The molecular formula is C18H16N2O. The fraction of sp³-hybridized carbons (Fsp3) is 0.111. The lowest BCUT2D eigenvalue weighted by atomic mass is 10.1. The standard InChI is InChI=1S/C18H16N2O/c1-13-8-10-15(11-9-13)18-19-14(2)12-17(20-18)21-16-6-4-3-5-7-16/h3-12H,1-2H3. The second kappa shape index (κ2) is 5.75. The summed E-state index contributed by atoms with van der Waals surface area (Å²) >= 11 is 0. The van der Waals surface area contributed by atoms with E-state index in [0.29, 0.717) is 11.7 Å². The fourth-order valence-corrected chi connectivity index (χ4v) is 2.03. The van der Waals surface area contributed by atoms with Crippen LogP contribution in [0.1, 0.15) is 11.3 Å². The van der Waals surface area contributed by atoms with Crippen LogP contribution in [0.15, 0.2) is 60.7 Å². The summed E-state index contributed by atoms with van der Waals surface area (Å²) < 4.78 is 5.79. The lowest BCUT2D eigenvalue weighted by Crippen LogP contribution is -1.96. The molecule has 0 spiro atoms. The number of rotatable bonds is 3. The van der Waals surface area contributed by atoms with Gasteiger partial charge in [0.25, 0.3) is 0 Å². The Morgan fingerprint density at radius 3 is 2.24 bits per heavy atom. The first kappa shape index (κ1) is 13.3. The van der Waals surface area contributed by atoms with Gasteiger partial charge in [0, 0.05) is 17.3 Å². The van der Waals surface area contributed by atoms with Crippen LogP contribution in [0.25, 0.3) is 11.4 Å². The molecule has 0 unspecified atom stereocenters. The van der Waals surface area contributed by atoms with Gasteiger partial charge in [0.1, 0.15) is 5.75 Å². The molecule has 0 N–H and O–H groups in total. The van der Waals surface area contributed by atoms with Crippen molar-refractivity contribution < 1.29 is 4.74 Å². The van der Waals surface area contributed by atoms with Gasteiger partial charge in [0.2, 0.25) is 5.88 Å². The second-order valence-corrected chi connectivity index (χ2v) is 4.95. The quantitative estimate of drug-likeness (QED) is 0.703. The lowest BCUT2D eigenvalue weighted by molar-refractivity contribution is 0.461. The van der Waals surface area contributed by atoms with Crippen molar-refractivity contribution in [1.29, 1.82) is 0 Å². The first-order valence-corrected chi connectivity index (χ1v) is 6.86. The molecule has 1 heterocycles. The maximum atomic E-state index is 5.79. The summed E-state index contributed by atoms with van der Waals surface area (Å²) in [6, 6.07) is 19.6. The Kier molecular flexibility index (Phi) is 3.65. The number of benzene rings is 2. The summed E-state index contributed by atoms with van der Waals surface area (Å²) in [6.45, 7) is 4.00. The Labute approximate surface area is 124 Å². The van der Waals surface area contributed by atoms with Crippen molar-refractivity contribution in [2.45, 2.75) is 13.8 Å². The van der Waals surface area contributed by atoms with Crippen molar-refractivity contribution in [2.24, 2.45) is 0 Å². The molecule has 0 radical (unpaired) electrons. The molecule has 21 heavy (non-hydrogen) atoms.